The highest BCUT2D eigenvalue weighted by molar-refractivity contribution is 7.88. The Morgan fingerprint density at radius 2 is 2.09 bits per heavy atom. The van der Waals surface area contributed by atoms with Crippen molar-refractivity contribution in [3.8, 4) is 0 Å². The molecule has 1 atom stereocenters. The number of nitrogens with zero attached hydrogens (tertiary/aromatic N) is 3. The fourth-order valence-corrected chi connectivity index (χ4v) is 3.65. The molecule has 1 aliphatic rings. The summed E-state index contributed by atoms with van der Waals surface area (Å²) in [4.78, 5) is 18.6. The number of pyridine rings is 1. The molecule has 0 saturated carbocycles. The molecular weight excluding hydrogens is 316 g/mol. The van der Waals surface area contributed by atoms with E-state index in [1.807, 2.05) is 25.1 Å². The first-order chi connectivity index (χ1) is 10.8. The van der Waals surface area contributed by atoms with Gasteiger partial charge in [0.05, 0.1) is 17.9 Å². The minimum Gasteiger partial charge on any atom is -0.359 e. The SMILES string of the molecule is CNC(=O)C1CN(Cc2cccc(C)n2)CCN(S(C)(=O)=O)C1. The second-order valence-corrected chi connectivity index (χ2v) is 7.92. The quantitative estimate of drug-likeness (QED) is 0.823. The minimum atomic E-state index is -3.32. The highest BCUT2D eigenvalue weighted by Gasteiger charge is 2.31. The van der Waals surface area contributed by atoms with Crippen molar-refractivity contribution >= 4 is 15.9 Å². The molecule has 0 aromatic carbocycles. The maximum absolute atomic E-state index is 12.1. The number of carbonyl (C=O) groups excluding carboxylic acids is 1. The molecule has 1 aromatic rings. The summed E-state index contributed by atoms with van der Waals surface area (Å²) in [7, 11) is -1.74. The summed E-state index contributed by atoms with van der Waals surface area (Å²) >= 11 is 0. The number of amides is 1. The molecule has 0 spiro atoms. The van der Waals surface area contributed by atoms with Crippen molar-refractivity contribution in [1.82, 2.24) is 19.5 Å². The molecule has 7 nitrogen and oxygen atoms in total. The number of sulfonamides is 1. The fraction of sp³-hybridized carbons (Fsp3) is 0.600. The zero-order chi connectivity index (χ0) is 17.0. The number of carbonyl (C=O) groups is 1. The normalized spacial score (nSPS) is 20.9. The first-order valence-electron chi connectivity index (χ1n) is 7.61. The van der Waals surface area contributed by atoms with Crippen molar-refractivity contribution in [3.05, 3.63) is 29.6 Å². The lowest BCUT2D eigenvalue weighted by Gasteiger charge is -2.22. The van der Waals surface area contributed by atoms with Gasteiger partial charge in [0, 0.05) is 45.5 Å². The van der Waals surface area contributed by atoms with Gasteiger partial charge in [-0.05, 0) is 19.1 Å². The molecule has 2 heterocycles. The van der Waals surface area contributed by atoms with Crippen molar-refractivity contribution in [1.29, 1.82) is 0 Å². The Morgan fingerprint density at radius 1 is 1.35 bits per heavy atom. The van der Waals surface area contributed by atoms with E-state index >= 15 is 0 Å². The summed E-state index contributed by atoms with van der Waals surface area (Å²) in [6.45, 7) is 4.24. The molecule has 1 aliphatic heterocycles. The zero-order valence-corrected chi connectivity index (χ0v) is 14.6. The standard InChI is InChI=1S/C15H24N4O3S/c1-12-5-4-6-14(17-12)11-18-7-8-19(23(3,21)22)10-13(9-18)15(20)16-2/h4-6,13H,7-11H2,1-3H3,(H,16,20). The number of aromatic nitrogens is 1. The summed E-state index contributed by atoms with van der Waals surface area (Å²) in [6, 6.07) is 5.83. The van der Waals surface area contributed by atoms with Crippen LogP contribution in [0.2, 0.25) is 0 Å². The molecule has 0 bridgehead atoms. The van der Waals surface area contributed by atoms with Gasteiger partial charge in [-0.1, -0.05) is 6.07 Å². The fourth-order valence-electron chi connectivity index (χ4n) is 2.78. The maximum Gasteiger partial charge on any atom is 0.225 e. The Kier molecular flexibility index (Phi) is 5.72. The average molecular weight is 340 g/mol. The van der Waals surface area contributed by atoms with E-state index in [2.05, 4.69) is 15.2 Å². The second kappa shape index (κ2) is 7.37. The van der Waals surface area contributed by atoms with Crippen LogP contribution in [0.4, 0.5) is 0 Å². The Morgan fingerprint density at radius 3 is 2.70 bits per heavy atom. The summed E-state index contributed by atoms with van der Waals surface area (Å²) in [5.41, 5.74) is 1.87. The smallest absolute Gasteiger partial charge is 0.225 e. The lowest BCUT2D eigenvalue weighted by Crippen LogP contribution is -2.41. The van der Waals surface area contributed by atoms with E-state index in [0.717, 1.165) is 11.4 Å². The summed E-state index contributed by atoms with van der Waals surface area (Å²) in [5, 5.41) is 2.63. The monoisotopic (exact) mass is 340 g/mol. The highest BCUT2D eigenvalue weighted by Crippen LogP contribution is 2.15. The predicted octanol–water partition coefficient (Wildman–Crippen LogP) is -0.171. The average Bonchev–Trinajstić information content (AvgIpc) is 2.69. The Labute approximate surface area is 137 Å². The molecule has 1 unspecified atom stereocenters. The van der Waals surface area contributed by atoms with Gasteiger partial charge in [0.25, 0.3) is 0 Å². The van der Waals surface area contributed by atoms with Gasteiger partial charge in [0.1, 0.15) is 0 Å². The number of hydrogen-bond acceptors (Lipinski definition) is 5. The Balaban J connectivity index is 2.16. The number of aryl methyl sites for hydroxylation is 1. The van der Waals surface area contributed by atoms with Crippen LogP contribution >= 0.6 is 0 Å². The van der Waals surface area contributed by atoms with Crippen molar-refractivity contribution in [2.45, 2.75) is 13.5 Å². The second-order valence-electron chi connectivity index (χ2n) is 5.94. The molecule has 1 aromatic heterocycles. The van der Waals surface area contributed by atoms with E-state index in [9.17, 15) is 13.2 Å². The van der Waals surface area contributed by atoms with Crippen LogP contribution in [0, 0.1) is 12.8 Å². The molecule has 1 amide bonds. The molecule has 8 heteroatoms. The van der Waals surface area contributed by atoms with Crippen molar-refractivity contribution in [3.63, 3.8) is 0 Å². The van der Waals surface area contributed by atoms with Gasteiger partial charge in [0.2, 0.25) is 15.9 Å². The third-order valence-electron chi connectivity index (χ3n) is 3.99. The predicted molar refractivity (Wildman–Crippen MR) is 88.2 cm³/mol. The minimum absolute atomic E-state index is 0.136. The molecule has 1 fully saturated rings. The highest BCUT2D eigenvalue weighted by atomic mass is 32.2. The topological polar surface area (TPSA) is 82.6 Å². The molecular formula is C15H24N4O3S. The first kappa shape index (κ1) is 17.8. The van der Waals surface area contributed by atoms with E-state index in [1.165, 1.54) is 10.6 Å². The summed E-state index contributed by atoms with van der Waals surface area (Å²) < 4.78 is 25.1. The van der Waals surface area contributed by atoms with Crippen LogP contribution in [0.3, 0.4) is 0 Å². The third kappa shape index (κ3) is 4.98. The van der Waals surface area contributed by atoms with Crippen molar-refractivity contribution in [2.24, 2.45) is 5.92 Å². The van der Waals surface area contributed by atoms with Crippen LogP contribution in [0.1, 0.15) is 11.4 Å². The van der Waals surface area contributed by atoms with Gasteiger partial charge < -0.3 is 5.32 Å². The summed E-state index contributed by atoms with van der Waals surface area (Å²) in [5.74, 6) is -0.523. The van der Waals surface area contributed by atoms with Gasteiger partial charge in [-0.3, -0.25) is 14.7 Å². The zero-order valence-electron chi connectivity index (χ0n) is 13.8. The molecule has 23 heavy (non-hydrogen) atoms. The molecule has 0 radical (unpaired) electrons. The first-order valence-corrected chi connectivity index (χ1v) is 9.46. The van der Waals surface area contributed by atoms with E-state index in [-0.39, 0.29) is 18.4 Å². The van der Waals surface area contributed by atoms with Crippen molar-refractivity contribution in [2.75, 3.05) is 39.5 Å². The molecule has 0 aliphatic carbocycles. The number of hydrogen-bond donors (Lipinski definition) is 1. The Hall–Kier alpha value is -1.51. The molecule has 128 valence electrons. The van der Waals surface area contributed by atoms with E-state index in [4.69, 9.17) is 0 Å². The van der Waals surface area contributed by atoms with E-state index in [0.29, 0.717) is 26.2 Å². The number of rotatable bonds is 4. The molecule has 1 N–H and O–H groups in total. The maximum atomic E-state index is 12.1. The molecule has 2 rings (SSSR count). The van der Waals surface area contributed by atoms with Crippen LogP contribution in [0.25, 0.3) is 0 Å². The lowest BCUT2D eigenvalue weighted by molar-refractivity contribution is -0.125. The Bertz CT molecular complexity index is 662. The molecule has 1 saturated heterocycles. The van der Waals surface area contributed by atoms with E-state index in [1.54, 1.807) is 7.05 Å². The summed E-state index contributed by atoms with van der Waals surface area (Å²) in [6.07, 6.45) is 1.19. The van der Waals surface area contributed by atoms with Crippen LogP contribution in [0.15, 0.2) is 18.2 Å². The van der Waals surface area contributed by atoms with Crippen LogP contribution in [0.5, 0.6) is 0 Å². The van der Waals surface area contributed by atoms with E-state index < -0.39 is 10.0 Å². The van der Waals surface area contributed by atoms with Gasteiger partial charge in [-0.25, -0.2) is 12.7 Å². The van der Waals surface area contributed by atoms with Gasteiger partial charge >= 0.3 is 0 Å². The third-order valence-corrected chi connectivity index (χ3v) is 5.26. The largest absolute Gasteiger partial charge is 0.359 e. The van der Waals surface area contributed by atoms with Crippen LogP contribution in [-0.2, 0) is 21.4 Å². The lowest BCUT2D eigenvalue weighted by atomic mass is 10.1. The van der Waals surface area contributed by atoms with Crippen molar-refractivity contribution < 1.29 is 13.2 Å². The van der Waals surface area contributed by atoms with Gasteiger partial charge in [-0.2, -0.15) is 0 Å². The van der Waals surface area contributed by atoms with Crippen LogP contribution in [-0.4, -0.2) is 68.0 Å². The van der Waals surface area contributed by atoms with Gasteiger partial charge in [0.15, 0.2) is 0 Å². The van der Waals surface area contributed by atoms with Gasteiger partial charge in [-0.15, -0.1) is 0 Å². The number of nitrogens with one attached hydrogen (secondary N) is 1. The van der Waals surface area contributed by atoms with Crippen LogP contribution < -0.4 is 5.32 Å².